The summed E-state index contributed by atoms with van der Waals surface area (Å²) in [6, 6.07) is 6.86. The lowest BCUT2D eigenvalue weighted by molar-refractivity contribution is 0.0931. The van der Waals surface area contributed by atoms with E-state index in [0.29, 0.717) is 12.8 Å². The predicted octanol–water partition coefficient (Wildman–Crippen LogP) is 1.67. The summed E-state index contributed by atoms with van der Waals surface area (Å²) >= 11 is 3.34. The topological polar surface area (TPSA) is 122 Å². The van der Waals surface area contributed by atoms with E-state index in [0.717, 1.165) is 18.9 Å². The van der Waals surface area contributed by atoms with Crippen molar-refractivity contribution >= 4 is 37.8 Å². The van der Waals surface area contributed by atoms with E-state index in [1.807, 2.05) is 24.3 Å². The van der Waals surface area contributed by atoms with Crippen LogP contribution in [-0.2, 0) is 17.1 Å². The number of benzene rings is 1. The summed E-state index contributed by atoms with van der Waals surface area (Å²) in [4.78, 5) is 29.2. The van der Waals surface area contributed by atoms with Crippen molar-refractivity contribution in [2.75, 3.05) is 16.6 Å². The van der Waals surface area contributed by atoms with Gasteiger partial charge >= 0.3 is 0 Å². The van der Waals surface area contributed by atoms with Crippen LogP contribution in [0.25, 0.3) is 0 Å². The van der Waals surface area contributed by atoms with E-state index in [4.69, 9.17) is 0 Å². The number of amides is 1. The Morgan fingerprint density at radius 3 is 2.55 bits per heavy atom. The van der Waals surface area contributed by atoms with Crippen LogP contribution in [0.1, 0.15) is 41.9 Å². The maximum atomic E-state index is 12.7. The van der Waals surface area contributed by atoms with Crippen LogP contribution in [0.3, 0.4) is 0 Å². The van der Waals surface area contributed by atoms with E-state index in [1.165, 1.54) is 7.05 Å². The highest BCUT2D eigenvalue weighted by molar-refractivity contribution is 9.10. The van der Waals surface area contributed by atoms with E-state index in [1.54, 1.807) is 6.92 Å². The van der Waals surface area contributed by atoms with Crippen LogP contribution in [0.5, 0.6) is 5.75 Å². The molecule has 9 nitrogen and oxygen atoms in total. The minimum atomic E-state index is -3.65. The number of aromatic hydroxyl groups is 1. The number of hydrogen-bond donors (Lipinski definition) is 2. The lowest BCUT2D eigenvalue weighted by atomic mass is 10.1. The lowest BCUT2D eigenvalue weighted by Gasteiger charge is -2.28. The molecule has 1 aliphatic rings. The van der Waals surface area contributed by atoms with Gasteiger partial charge < -0.3 is 10.4 Å². The van der Waals surface area contributed by atoms with Gasteiger partial charge in [-0.15, -0.1) is 0 Å². The summed E-state index contributed by atoms with van der Waals surface area (Å²) < 4.78 is 27.7. The average Bonchev–Trinajstić information content (AvgIpc) is 2.67. The Kier molecular flexibility index (Phi) is 5.99. The van der Waals surface area contributed by atoms with Crippen molar-refractivity contribution in [1.29, 1.82) is 0 Å². The van der Waals surface area contributed by atoms with Crippen LogP contribution in [0.4, 0.5) is 5.95 Å². The molecule has 1 aromatic carbocycles. The molecule has 0 saturated carbocycles. The number of halogens is 1. The molecule has 0 bridgehead atoms. The van der Waals surface area contributed by atoms with E-state index in [-0.39, 0.29) is 18.2 Å². The minimum Gasteiger partial charge on any atom is -0.501 e. The first-order chi connectivity index (χ1) is 13.6. The number of carbonyl (C=O) groups excluding carboxylic acids is 1. The molecule has 0 spiro atoms. The van der Waals surface area contributed by atoms with E-state index in [9.17, 15) is 23.1 Å². The van der Waals surface area contributed by atoms with Crippen molar-refractivity contribution in [1.82, 2.24) is 14.9 Å². The van der Waals surface area contributed by atoms with Crippen LogP contribution in [0.2, 0.25) is 0 Å². The highest BCUT2D eigenvalue weighted by Gasteiger charge is 2.31. The molecule has 1 fully saturated rings. The Morgan fingerprint density at radius 2 is 1.93 bits per heavy atom. The summed E-state index contributed by atoms with van der Waals surface area (Å²) in [5.41, 5.74) is -0.589. The van der Waals surface area contributed by atoms with Gasteiger partial charge in [-0.25, -0.2) is 17.7 Å². The third-order valence-corrected chi connectivity index (χ3v) is 7.10. The normalized spacial score (nSPS) is 17.0. The molecule has 1 aliphatic heterocycles. The summed E-state index contributed by atoms with van der Waals surface area (Å²) in [6.45, 7) is 1.90. The standard InChI is InChI=1S/C18H21BrN4O5S/c1-11(12-5-7-13(19)8-6-12)20-16(25)14-15(24)17(26)22(2)18(21-14)23-9-3-4-10-29(23,27)28/h5-8,11,24H,3-4,9-10H2,1-2H3,(H,20,25). The van der Waals surface area contributed by atoms with Gasteiger partial charge in [-0.05, 0) is 37.5 Å². The fourth-order valence-corrected chi connectivity index (χ4v) is 4.95. The van der Waals surface area contributed by atoms with Crippen molar-refractivity contribution in [2.45, 2.75) is 25.8 Å². The summed E-state index contributed by atoms with van der Waals surface area (Å²) in [7, 11) is -2.34. The van der Waals surface area contributed by atoms with Gasteiger partial charge in [0.25, 0.3) is 11.5 Å². The minimum absolute atomic E-state index is 0.0636. The third kappa shape index (κ3) is 4.30. The molecule has 0 aliphatic carbocycles. The molecule has 1 aromatic heterocycles. The highest BCUT2D eigenvalue weighted by Crippen LogP contribution is 2.23. The number of anilines is 1. The fraction of sp³-hybridized carbons (Fsp3) is 0.389. The third-order valence-electron chi connectivity index (χ3n) is 4.75. The highest BCUT2D eigenvalue weighted by atomic mass is 79.9. The molecule has 1 unspecified atom stereocenters. The molecule has 3 rings (SSSR count). The molecule has 2 N–H and O–H groups in total. The van der Waals surface area contributed by atoms with Gasteiger partial charge in [-0.1, -0.05) is 28.1 Å². The lowest BCUT2D eigenvalue weighted by Crippen LogP contribution is -2.42. The van der Waals surface area contributed by atoms with Crippen molar-refractivity contribution in [3.8, 4) is 5.75 Å². The Balaban J connectivity index is 1.96. The van der Waals surface area contributed by atoms with Gasteiger partial charge in [0.15, 0.2) is 5.69 Å². The van der Waals surface area contributed by atoms with Crippen LogP contribution in [-0.4, -0.2) is 41.3 Å². The first-order valence-electron chi connectivity index (χ1n) is 8.98. The molecule has 1 amide bonds. The SMILES string of the molecule is CC(NC(=O)c1nc(N2CCCCS2(=O)=O)n(C)c(=O)c1O)c1ccc(Br)cc1. The maximum absolute atomic E-state index is 12.7. The Morgan fingerprint density at radius 1 is 1.28 bits per heavy atom. The molecular formula is C18H21BrN4O5S. The average molecular weight is 485 g/mol. The monoisotopic (exact) mass is 484 g/mol. The molecule has 29 heavy (non-hydrogen) atoms. The van der Waals surface area contributed by atoms with Crippen LogP contribution < -0.4 is 15.2 Å². The zero-order chi connectivity index (χ0) is 21.3. The van der Waals surface area contributed by atoms with Crippen LogP contribution >= 0.6 is 15.9 Å². The maximum Gasteiger partial charge on any atom is 0.297 e. The summed E-state index contributed by atoms with van der Waals surface area (Å²) in [6.07, 6.45) is 1.13. The second-order valence-electron chi connectivity index (χ2n) is 6.82. The van der Waals surface area contributed by atoms with E-state index >= 15 is 0 Å². The number of carbonyl (C=O) groups is 1. The van der Waals surface area contributed by atoms with Crippen molar-refractivity contribution in [3.05, 3.63) is 50.3 Å². The van der Waals surface area contributed by atoms with Crippen molar-refractivity contribution < 1.29 is 18.3 Å². The second-order valence-corrected chi connectivity index (χ2v) is 9.74. The number of rotatable bonds is 4. The molecule has 156 valence electrons. The van der Waals surface area contributed by atoms with Gasteiger partial charge in [0.05, 0.1) is 11.8 Å². The number of nitrogens with zero attached hydrogens (tertiary/aromatic N) is 3. The van der Waals surface area contributed by atoms with Crippen molar-refractivity contribution in [3.63, 3.8) is 0 Å². The van der Waals surface area contributed by atoms with E-state index < -0.39 is 39.0 Å². The van der Waals surface area contributed by atoms with Crippen molar-refractivity contribution in [2.24, 2.45) is 7.05 Å². The number of sulfonamides is 1. The van der Waals surface area contributed by atoms with Crippen LogP contribution in [0, 0.1) is 0 Å². The molecule has 2 heterocycles. The molecule has 11 heteroatoms. The second kappa shape index (κ2) is 8.15. The Labute approximate surface area is 176 Å². The Bertz CT molecular complexity index is 1100. The quantitative estimate of drug-likeness (QED) is 0.680. The smallest absolute Gasteiger partial charge is 0.297 e. The largest absolute Gasteiger partial charge is 0.501 e. The molecular weight excluding hydrogens is 464 g/mol. The molecule has 0 radical (unpaired) electrons. The van der Waals surface area contributed by atoms with Crippen LogP contribution in [0.15, 0.2) is 33.5 Å². The number of nitrogens with one attached hydrogen (secondary N) is 1. The molecule has 2 aromatic rings. The Hall–Kier alpha value is -2.40. The molecule has 1 saturated heterocycles. The first-order valence-corrected chi connectivity index (χ1v) is 11.4. The molecule has 1 atom stereocenters. The zero-order valence-corrected chi connectivity index (χ0v) is 18.3. The van der Waals surface area contributed by atoms with E-state index in [2.05, 4.69) is 26.2 Å². The first kappa shape index (κ1) is 21.3. The summed E-state index contributed by atoms with van der Waals surface area (Å²) in [5.74, 6) is -1.85. The van der Waals surface area contributed by atoms with Gasteiger partial charge in [-0.3, -0.25) is 14.2 Å². The zero-order valence-electron chi connectivity index (χ0n) is 15.9. The van der Waals surface area contributed by atoms with Gasteiger partial charge in [0, 0.05) is 18.1 Å². The predicted molar refractivity (Wildman–Crippen MR) is 112 cm³/mol. The number of hydrogen-bond acceptors (Lipinski definition) is 6. The van der Waals surface area contributed by atoms with Gasteiger partial charge in [0.1, 0.15) is 0 Å². The van der Waals surface area contributed by atoms with Gasteiger partial charge in [0.2, 0.25) is 21.7 Å². The van der Waals surface area contributed by atoms with Gasteiger partial charge in [-0.2, -0.15) is 0 Å². The number of aromatic nitrogens is 2. The summed E-state index contributed by atoms with van der Waals surface area (Å²) in [5, 5.41) is 12.9. The fourth-order valence-electron chi connectivity index (χ4n) is 3.07.